The normalized spacial score (nSPS) is 10.5. The van der Waals surface area contributed by atoms with Gasteiger partial charge in [0.15, 0.2) is 6.29 Å². The molecule has 3 aromatic rings. The number of amides is 1. The minimum Gasteiger partial charge on any atom is -0.410 e. The van der Waals surface area contributed by atoms with E-state index in [4.69, 9.17) is 4.74 Å². The van der Waals surface area contributed by atoms with E-state index < -0.39 is 6.09 Å². The first-order valence-electron chi connectivity index (χ1n) is 7.17. The number of aldehydes is 1. The second kappa shape index (κ2) is 5.96. The van der Waals surface area contributed by atoms with Crippen LogP contribution in [0.1, 0.15) is 15.9 Å². The molecule has 0 radical (unpaired) electrons. The number of aryl methyl sites for hydroxylation is 1. The number of nitrogens with zero attached hydrogens (tertiary/aromatic N) is 1. The maximum Gasteiger partial charge on any atom is 0.419 e. The zero-order valence-electron chi connectivity index (χ0n) is 12.9. The van der Waals surface area contributed by atoms with Gasteiger partial charge in [-0.05, 0) is 31.2 Å². The number of hydrogen-bond donors (Lipinski definition) is 1. The van der Waals surface area contributed by atoms with Crippen molar-refractivity contribution in [1.82, 2.24) is 4.98 Å². The van der Waals surface area contributed by atoms with Gasteiger partial charge in [0.25, 0.3) is 0 Å². The molecule has 23 heavy (non-hydrogen) atoms. The molecule has 0 atom stereocenters. The predicted molar refractivity (Wildman–Crippen MR) is 89.3 cm³/mol. The van der Waals surface area contributed by atoms with Crippen molar-refractivity contribution in [3.8, 4) is 5.75 Å². The Balaban J connectivity index is 1.79. The first-order chi connectivity index (χ1) is 11.1. The lowest BCUT2D eigenvalue weighted by atomic mass is 10.2. The number of nitrogens with one attached hydrogen (secondary N) is 1. The monoisotopic (exact) mass is 308 g/mol. The molecular weight excluding hydrogens is 292 g/mol. The number of ether oxygens (including phenoxy) is 1. The smallest absolute Gasteiger partial charge is 0.410 e. The largest absolute Gasteiger partial charge is 0.419 e. The topological polar surface area (TPSA) is 62.4 Å². The van der Waals surface area contributed by atoms with Crippen LogP contribution in [-0.4, -0.2) is 24.4 Å². The van der Waals surface area contributed by atoms with Gasteiger partial charge in [0.1, 0.15) is 5.75 Å². The zero-order valence-corrected chi connectivity index (χ0v) is 12.9. The summed E-state index contributed by atoms with van der Waals surface area (Å²) in [5, 5.41) is 0.798. The van der Waals surface area contributed by atoms with Gasteiger partial charge in [-0.1, -0.05) is 17.7 Å². The van der Waals surface area contributed by atoms with Gasteiger partial charge in [-0.25, -0.2) is 4.79 Å². The summed E-state index contributed by atoms with van der Waals surface area (Å²) < 4.78 is 5.39. The lowest BCUT2D eigenvalue weighted by molar-refractivity contribution is 0.112. The molecule has 0 unspecified atom stereocenters. The van der Waals surface area contributed by atoms with Crippen molar-refractivity contribution in [1.29, 1.82) is 0 Å². The second-order valence-corrected chi connectivity index (χ2v) is 5.33. The van der Waals surface area contributed by atoms with E-state index >= 15 is 0 Å². The Morgan fingerprint density at radius 2 is 1.91 bits per heavy atom. The molecule has 1 amide bonds. The van der Waals surface area contributed by atoms with Crippen LogP contribution in [0.15, 0.2) is 48.7 Å². The SMILES string of the molecule is Cc1ccc(N(C)C(=O)Oc2ccc3c(C=O)c[nH]c3c2)cc1. The molecule has 5 nitrogen and oxygen atoms in total. The highest BCUT2D eigenvalue weighted by atomic mass is 16.6. The van der Waals surface area contributed by atoms with Crippen LogP contribution in [0.3, 0.4) is 0 Å². The van der Waals surface area contributed by atoms with Gasteiger partial charge in [0, 0.05) is 41.5 Å². The fourth-order valence-corrected chi connectivity index (χ4v) is 2.33. The summed E-state index contributed by atoms with van der Waals surface area (Å²) in [5.41, 5.74) is 3.20. The number of benzene rings is 2. The third-order valence-corrected chi connectivity index (χ3v) is 3.71. The number of rotatable bonds is 3. The van der Waals surface area contributed by atoms with Gasteiger partial charge in [-0.15, -0.1) is 0 Å². The number of aromatic nitrogens is 1. The van der Waals surface area contributed by atoms with Gasteiger partial charge in [0.05, 0.1) is 0 Å². The molecular formula is C18H16N2O3. The molecule has 0 fully saturated rings. The Kier molecular flexibility index (Phi) is 3.85. The molecule has 0 bridgehead atoms. The number of carbonyl (C=O) groups is 2. The van der Waals surface area contributed by atoms with Crippen LogP contribution in [0.25, 0.3) is 10.9 Å². The number of H-pyrrole nitrogens is 1. The van der Waals surface area contributed by atoms with Gasteiger partial charge < -0.3 is 9.72 Å². The van der Waals surface area contributed by atoms with E-state index in [1.165, 1.54) is 4.90 Å². The quantitative estimate of drug-likeness (QED) is 0.746. The van der Waals surface area contributed by atoms with Gasteiger partial charge in [-0.3, -0.25) is 9.69 Å². The first kappa shape index (κ1) is 14.8. The highest BCUT2D eigenvalue weighted by Crippen LogP contribution is 2.23. The zero-order chi connectivity index (χ0) is 16.4. The van der Waals surface area contributed by atoms with Crippen molar-refractivity contribution < 1.29 is 14.3 Å². The number of aromatic amines is 1. The number of hydrogen-bond acceptors (Lipinski definition) is 3. The van der Waals surface area contributed by atoms with Crippen molar-refractivity contribution in [3.63, 3.8) is 0 Å². The highest BCUT2D eigenvalue weighted by molar-refractivity contribution is 5.98. The Morgan fingerprint density at radius 3 is 2.61 bits per heavy atom. The maximum absolute atomic E-state index is 12.2. The van der Waals surface area contributed by atoms with Gasteiger partial charge in [0.2, 0.25) is 0 Å². The number of fused-ring (bicyclic) bond motifs is 1. The fourth-order valence-electron chi connectivity index (χ4n) is 2.33. The van der Waals surface area contributed by atoms with Crippen molar-refractivity contribution in [3.05, 3.63) is 59.8 Å². The Morgan fingerprint density at radius 1 is 1.17 bits per heavy atom. The second-order valence-electron chi connectivity index (χ2n) is 5.33. The van der Waals surface area contributed by atoms with E-state index in [0.717, 1.165) is 28.4 Å². The van der Waals surface area contributed by atoms with Crippen LogP contribution in [0.5, 0.6) is 5.75 Å². The van der Waals surface area contributed by atoms with Crippen molar-refractivity contribution in [2.75, 3.05) is 11.9 Å². The molecule has 2 aromatic carbocycles. The molecule has 1 heterocycles. The lowest BCUT2D eigenvalue weighted by Crippen LogP contribution is -2.29. The molecule has 1 aromatic heterocycles. The van der Waals surface area contributed by atoms with E-state index in [0.29, 0.717) is 11.3 Å². The lowest BCUT2D eigenvalue weighted by Gasteiger charge is -2.17. The van der Waals surface area contributed by atoms with Crippen LogP contribution >= 0.6 is 0 Å². The van der Waals surface area contributed by atoms with E-state index in [-0.39, 0.29) is 0 Å². The molecule has 0 aliphatic heterocycles. The maximum atomic E-state index is 12.2. The fraction of sp³-hybridized carbons (Fsp3) is 0.111. The van der Waals surface area contributed by atoms with E-state index in [1.54, 1.807) is 31.4 Å². The van der Waals surface area contributed by atoms with Gasteiger partial charge >= 0.3 is 6.09 Å². The average Bonchev–Trinajstić information content (AvgIpc) is 2.97. The average molecular weight is 308 g/mol. The summed E-state index contributed by atoms with van der Waals surface area (Å²) in [6, 6.07) is 12.7. The summed E-state index contributed by atoms with van der Waals surface area (Å²) >= 11 is 0. The molecule has 0 saturated heterocycles. The highest BCUT2D eigenvalue weighted by Gasteiger charge is 2.14. The summed E-state index contributed by atoms with van der Waals surface area (Å²) in [6.45, 7) is 1.99. The van der Waals surface area contributed by atoms with Crippen molar-refractivity contribution in [2.24, 2.45) is 0 Å². The van der Waals surface area contributed by atoms with E-state index in [1.807, 2.05) is 31.2 Å². The molecule has 1 N–H and O–H groups in total. The summed E-state index contributed by atoms with van der Waals surface area (Å²) in [4.78, 5) is 27.6. The van der Waals surface area contributed by atoms with Gasteiger partial charge in [-0.2, -0.15) is 0 Å². The van der Waals surface area contributed by atoms with Crippen molar-refractivity contribution >= 4 is 29.0 Å². The summed E-state index contributed by atoms with van der Waals surface area (Å²) in [7, 11) is 1.66. The summed E-state index contributed by atoms with van der Waals surface area (Å²) in [5.74, 6) is 0.417. The Bertz CT molecular complexity index is 866. The number of carbonyl (C=O) groups excluding carboxylic acids is 2. The minimum atomic E-state index is -0.477. The molecule has 5 heteroatoms. The first-order valence-corrected chi connectivity index (χ1v) is 7.17. The third kappa shape index (κ3) is 2.94. The molecule has 0 aliphatic rings. The predicted octanol–water partition coefficient (Wildman–Crippen LogP) is 3.92. The molecule has 116 valence electrons. The Hall–Kier alpha value is -3.08. The minimum absolute atomic E-state index is 0.417. The van der Waals surface area contributed by atoms with Crippen LogP contribution in [0, 0.1) is 6.92 Å². The van der Waals surface area contributed by atoms with Crippen LogP contribution in [-0.2, 0) is 0 Å². The van der Waals surface area contributed by atoms with Crippen LogP contribution < -0.4 is 9.64 Å². The third-order valence-electron chi connectivity index (χ3n) is 3.71. The Labute approximate surface area is 133 Å². The molecule has 0 spiro atoms. The van der Waals surface area contributed by atoms with Crippen LogP contribution in [0.2, 0.25) is 0 Å². The van der Waals surface area contributed by atoms with E-state index in [2.05, 4.69) is 4.98 Å². The number of anilines is 1. The summed E-state index contributed by atoms with van der Waals surface area (Å²) in [6.07, 6.45) is 1.94. The van der Waals surface area contributed by atoms with Crippen LogP contribution in [0.4, 0.5) is 10.5 Å². The van der Waals surface area contributed by atoms with Crippen molar-refractivity contribution in [2.45, 2.75) is 6.92 Å². The van der Waals surface area contributed by atoms with E-state index in [9.17, 15) is 9.59 Å². The standard InChI is InChI=1S/C18H16N2O3/c1-12-3-5-14(6-4-12)20(2)18(22)23-15-7-8-16-13(11-21)10-19-17(16)9-15/h3-11,19H,1-2H3. The molecule has 0 saturated carbocycles. The molecule has 0 aliphatic carbocycles. The molecule has 3 rings (SSSR count).